The maximum absolute atomic E-state index is 12.0. The van der Waals surface area contributed by atoms with Gasteiger partial charge in [0.1, 0.15) is 0 Å². The summed E-state index contributed by atoms with van der Waals surface area (Å²) in [5, 5.41) is 37.6. The van der Waals surface area contributed by atoms with E-state index in [2.05, 4.69) is 31.8 Å². The minimum Gasteiger partial charge on any atom is -0.476 e. The molecule has 148 valence electrons. The maximum atomic E-state index is 12.0. The third-order valence-corrected chi connectivity index (χ3v) is 4.87. The monoisotopic (exact) mass is 439 g/mol. The summed E-state index contributed by atoms with van der Waals surface area (Å²) in [6.07, 6.45) is 0.0681. The van der Waals surface area contributed by atoms with Crippen LogP contribution in [0, 0.1) is 11.3 Å². The average molecular weight is 440 g/mol. The molecule has 30 heavy (non-hydrogen) atoms. The number of halogens is 2. The molecule has 0 radical (unpaired) electrons. The molecule has 0 amide bonds. The first-order chi connectivity index (χ1) is 14.5. The Kier molecular flexibility index (Phi) is 5.18. The van der Waals surface area contributed by atoms with Crippen LogP contribution in [0.4, 0.5) is 0 Å². The van der Waals surface area contributed by atoms with Gasteiger partial charge in [0.15, 0.2) is 11.5 Å². The lowest BCUT2D eigenvalue weighted by Crippen LogP contribution is -2.04. The minimum absolute atomic E-state index is 0.0681. The lowest BCUT2D eigenvalue weighted by Gasteiger charge is -2.11. The Morgan fingerprint density at radius 1 is 1.20 bits per heavy atom. The number of carboxylic acids is 1. The van der Waals surface area contributed by atoms with Crippen molar-refractivity contribution in [1.82, 2.24) is 30.4 Å². The summed E-state index contributed by atoms with van der Waals surface area (Å²) in [7, 11) is 0. The van der Waals surface area contributed by atoms with E-state index in [-0.39, 0.29) is 12.1 Å². The Labute approximate surface area is 179 Å². The fourth-order valence-electron chi connectivity index (χ4n) is 3.03. The van der Waals surface area contributed by atoms with Crippen LogP contribution in [0.25, 0.3) is 16.9 Å². The first-order valence-corrected chi connectivity index (χ1v) is 9.27. The van der Waals surface area contributed by atoms with Crippen LogP contribution in [0.5, 0.6) is 0 Å². The number of nitrogens with zero attached hydrogens (tertiary/aromatic N) is 6. The molecule has 0 unspecified atom stereocenters. The number of carbonyl (C=O) groups is 1. The predicted octanol–water partition coefficient (Wildman–Crippen LogP) is 3.52. The van der Waals surface area contributed by atoms with Gasteiger partial charge in [0.05, 0.1) is 28.0 Å². The molecule has 4 rings (SSSR count). The Hall–Kier alpha value is -3.74. The number of nitriles is 1. The van der Waals surface area contributed by atoms with Crippen molar-refractivity contribution in [2.45, 2.75) is 6.42 Å². The summed E-state index contributed by atoms with van der Waals surface area (Å²) in [5.74, 6) is -0.915. The molecule has 9 nitrogen and oxygen atoms in total. The second-order valence-corrected chi connectivity index (χ2v) is 7.03. The van der Waals surface area contributed by atoms with Gasteiger partial charge >= 0.3 is 5.97 Å². The Balaban J connectivity index is 2.01. The third-order valence-electron chi connectivity index (χ3n) is 4.34. The minimum atomic E-state index is -1.22. The molecule has 11 heteroatoms. The van der Waals surface area contributed by atoms with Gasteiger partial charge < -0.3 is 5.11 Å². The van der Waals surface area contributed by atoms with Crippen LogP contribution in [-0.2, 0) is 6.42 Å². The number of nitrogens with one attached hydrogen (secondary N) is 1. The van der Waals surface area contributed by atoms with E-state index in [9.17, 15) is 9.90 Å². The molecule has 2 heterocycles. The molecule has 0 bridgehead atoms. The zero-order valence-corrected chi connectivity index (χ0v) is 16.6. The second kappa shape index (κ2) is 7.94. The molecule has 0 aliphatic heterocycles. The molecule has 4 aromatic rings. The van der Waals surface area contributed by atoms with Gasteiger partial charge in [0.2, 0.25) is 0 Å². The van der Waals surface area contributed by atoms with E-state index >= 15 is 0 Å². The largest absolute Gasteiger partial charge is 0.476 e. The van der Waals surface area contributed by atoms with Crippen molar-refractivity contribution in [2.24, 2.45) is 0 Å². The summed E-state index contributed by atoms with van der Waals surface area (Å²) < 4.78 is 1.44. The van der Waals surface area contributed by atoms with Crippen LogP contribution in [0.2, 0.25) is 10.0 Å². The number of hydrogen-bond donors (Lipinski definition) is 2. The van der Waals surface area contributed by atoms with Gasteiger partial charge in [-0.2, -0.15) is 15.6 Å². The van der Waals surface area contributed by atoms with E-state index < -0.39 is 5.97 Å². The summed E-state index contributed by atoms with van der Waals surface area (Å²) in [6, 6.07) is 13.6. The number of hydrogen-bond acceptors (Lipinski definition) is 6. The van der Waals surface area contributed by atoms with Gasteiger partial charge in [0.25, 0.3) is 0 Å². The van der Waals surface area contributed by atoms with E-state index in [1.165, 1.54) is 4.68 Å². The Bertz CT molecular complexity index is 1280. The Morgan fingerprint density at radius 3 is 2.57 bits per heavy atom. The number of aromatic carboxylic acids is 1. The van der Waals surface area contributed by atoms with Crippen LogP contribution < -0.4 is 0 Å². The van der Waals surface area contributed by atoms with Gasteiger partial charge in [-0.15, -0.1) is 10.2 Å². The molecule has 0 aliphatic rings. The number of aromatic amines is 1. The predicted molar refractivity (Wildman–Crippen MR) is 108 cm³/mol. The average Bonchev–Trinajstić information content (AvgIpc) is 3.36. The molecule has 0 spiro atoms. The highest BCUT2D eigenvalue weighted by Crippen LogP contribution is 2.34. The topological polar surface area (TPSA) is 133 Å². The highest BCUT2D eigenvalue weighted by molar-refractivity contribution is 6.35. The lowest BCUT2D eigenvalue weighted by atomic mass is 10.0. The molecular formula is C19H11Cl2N7O2. The third kappa shape index (κ3) is 3.61. The molecule has 0 saturated carbocycles. The van der Waals surface area contributed by atoms with Crippen LogP contribution in [0.15, 0.2) is 42.5 Å². The summed E-state index contributed by atoms with van der Waals surface area (Å²) in [5.41, 5.74) is 2.23. The van der Waals surface area contributed by atoms with E-state index in [0.717, 1.165) is 0 Å². The SMILES string of the molecule is N#Cc1ccc(-c2c(Cc3nn[nH]n3)c(C(=O)O)nn2-c2ccc(Cl)cc2Cl)cc1. The molecule has 2 aromatic heterocycles. The van der Waals surface area contributed by atoms with E-state index in [1.54, 1.807) is 42.5 Å². The van der Waals surface area contributed by atoms with E-state index in [1.807, 2.05) is 0 Å². The number of rotatable bonds is 5. The fraction of sp³-hybridized carbons (Fsp3) is 0.0526. The highest BCUT2D eigenvalue weighted by atomic mass is 35.5. The second-order valence-electron chi connectivity index (χ2n) is 6.18. The quantitative estimate of drug-likeness (QED) is 0.485. The summed E-state index contributed by atoms with van der Waals surface area (Å²) in [6.45, 7) is 0. The normalized spacial score (nSPS) is 10.7. The van der Waals surface area contributed by atoms with Crippen molar-refractivity contribution in [1.29, 1.82) is 5.26 Å². The van der Waals surface area contributed by atoms with Crippen LogP contribution in [-0.4, -0.2) is 41.5 Å². The Morgan fingerprint density at radius 2 is 1.97 bits per heavy atom. The van der Waals surface area contributed by atoms with Crippen molar-refractivity contribution >= 4 is 29.2 Å². The van der Waals surface area contributed by atoms with Crippen molar-refractivity contribution in [2.75, 3.05) is 0 Å². The number of carboxylic acid groups (broad SMARTS) is 1. The number of tetrazole rings is 1. The van der Waals surface area contributed by atoms with Crippen LogP contribution in [0.1, 0.15) is 27.4 Å². The van der Waals surface area contributed by atoms with Crippen molar-refractivity contribution in [3.63, 3.8) is 0 Å². The maximum Gasteiger partial charge on any atom is 0.356 e. The summed E-state index contributed by atoms with van der Waals surface area (Å²) >= 11 is 12.4. The van der Waals surface area contributed by atoms with Crippen molar-refractivity contribution in [3.8, 4) is 23.0 Å². The summed E-state index contributed by atoms with van der Waals surface area (Å²) in [4.78, 5) is 12.0. The fourth-order valence-corrected chi connectivity index (χ4v) is 3.52. The first kappa shape index (κ1) is 19.6. The molecule has 0 atom stereocenters. The van der Waals surface area contributed by atoms with Gasteiger partial charge in [-0.3, -0.25) is 0 Å². The molecule has 0 saturated heterocycles. The molecule has 2 N–H and O–H groups in total. The van der Waals surface area contributed by atoms with Crippen molar-refractivity contribution < 1.29 is 9.90 Å². The number of H-pyrrole nitrogens is 1. The van der Waals surface area contributed by atoms with Gasteiger partial charge in [0, 0.05) is 22.6 Å². The molecule has 2 aromatic carbocycles. The van der Waals surface area contributed by atoms with E-state index in [4.69, 9.17) is 28.5 Å². The van der Waals surface area contributed by atoms with Crippen LogP contribution in [0.3, 0.4) is 0 Å². The zero-order valence-electron chi connectivity index (χ0n) is 15.0. The molecular weight excluding hydrogens is 429 g/mol. The smallest absolute Gasteiger partial charge is 0.356 e. The highest BCUT2D eigenvalue weighted by Gasteiger charge is 2.26. The van der Waals surface area contributed by atoms with Gasteiger partial charge in [-0.05, 0) is 30.3 Å². The first-order valence-electron chi connectivity index (χ1n) is 8.51. The standard InChI is InChI=1S/C19H11Cl2N7O2/c20-12-5-6-15(14(21)7-12)28-18(11-3-1-10(9-22)2-4-11)13(17(25-28)19(29)30)8-16-23-26-27-24-16/h1-7H,8H2,(H,29,30)(H,23,24,26,27). The van der Waals surface area contributed by atoms with Crippen LogP contribution >= 0.6 is 23.2 Å². The van der Waals surface area contributed by atoms with Gasteiger partial charge in [-0.1, -0.05) is 40.5 Å². The van der Waals surface area contributed by atoms with Gasteiger partial charge in [-0.25, -0.2) is 9.48 Å². The zero-order chi connectivity index (χ0) is 21.3. The van der Waals surface area contributed by atoms with E-state index in [0.29, 0.717) is 43.9 Å². The molecule has 0 aliphatic carbocycles. The number of aromatic nitrogens is 6. The van der Waals surface area contributed by atoms with Crippen molar-refractivity contribution in [3.05, 3.63) is 75.2 Å². The number of benzene rings is 2. The lowest BCUT2D eigenvalue weighted by molar-refractivity contribution is 0.0689. The molecule has 0 fully saturated rings.